The minimum absolute atomic E-state index is 0.00940. The monoisotopic (exact) mass is 395 g/mol. The molecular weight excluding hydrogens is 370 g/mol. The summed E-state index contributed by atoms with van der Waals surface area (Å²) in [5, 5.41) is 2.98. The number of hydrogen-bond donors (Lipinski definition) is 1. The average molecular weight is 395 g/mol. The molecule has 1 saturated carbocycles. The summed E-state index contributed by atoms with van der Waals surface area (Å²) < 4.78 is 32.1. The van der Waals surface area contributed by atoms with E-state index in [1.807, 2.05) is 11.8 Å². The number of hydrogen-bond acceptors (Lipinski definition) is 6. The highest BCUT2D eigenvalue weighted by molar-refractivity contribution is 7.89. The summed E-state index contributed by atoms with van der Waals surface area (Å²) in [5.41, 5.74) is 0.0274. The van der Waals surface area contributed by atoms with Gasteiger partial charge in [0.2, 0.25) is 15.9 Å². The third-order valence-corrected chi connectivity index (χ3v) is 6.99. The number of methoxy groups -OCH3 is 1. The van der Waals surface area contributed by atoms with Gasteiger partial charge in [0, 0.05) is 32.2 Å². The molecule has 1 atom stereocenters. The first kappa shape index (κ1) is 19.8. The molecule has 1 aliphatic heterocycles. The number of esters is 1. The highest BCUT2D eigenvalue weighted by Crippen LogP contribution is 2.23. The zero-order chi connectivity index (χ0) is 19.6. The van der Waals surface area contributed by atoms with E-state index in [0.29, 0.717) is 19.1 Å². The van der Waals surface area contributed by atoms with Gasteiger partial charge >= 0.3 is 5.97 Å². The number of nitrogens with zero attached hydrogens (tertiary/aromatic N) is 2. The van der Waals surface area contributed by atoms with Crippen LogP contribution in [0.3, 0.4) is 0 Å². The largest absolute Gasteiger partial charge is 0.465 e. The van der Waals surface area contributed by atoms with Crippen molar-refractivity contribution in [2.45, 2.75) is 36.7 Å². The van der Waals surface area contributed by atoms with Gasteiger partial charge in [0.1, 0.15) is 0 Å². The van der Waals surface area contributed by atoms with Crippen molar-refractivity contribution in [3.8, 4) is 0 Å². The quantitative estimate of drug-likeness (QED) is 0.703. The lowest BCUT2D eigenvalue weighted by Gasteiger charge is -2.36. The number of piperazine rings is 1. The van der Waals surface area contributed by atoms with Gasteiger partial charge in [-0.15, -0.1) is 0 Å². The van der Waals surface area contributed by atoms with Crippen molar-refractivity contribution in [2.75, 3.05) is 33.3 Å². The predicted octanol–water partition coefficient (Wildman–Crippen LogP) is 0.447. The Balaban J connectivity index is 1.68. The van der Waals surface area contributed by atoms with Crippen molar-refractivity contribution in [3.63, 3.8) is 0 Å². The number of amides is 1. The first-order valence-electron chi connectivity index (χ1n) is 9.06. The second-order valence-corrected chi connectivity index (χ2v) is 8.79. The third-order valence-electron chi connectivity index (χ3n) is 5.03. The van der Waals surface area contributed by atoms with Crippen LogP contribution in [0.25, 0.3) is 0 Å². The number of ether oxygens (including phenoxy) is 1. The summed E-state index contributed by atoms with van der Waals surface area (Å²) in [6.07, 6.45) is 2.06. The molecule has 2 aliphatic rings. The average Bonchev–Trinajstić information content (AvgIpc) is 3.50. The maximum Gasteiger partial charge on any atom is 0.339 e. The molecule has 0 bridgehead atoms. The van der Waals surface area contributed by atoms with Crippen molar-refractivity contribution in [2.24, 2.45) is 0 Å². The summed E-state index contributed by atoms with van der Waals surface area (Å²) in [5.74, 6) is -0.692. The van der Waals surface area contributed by atoms with Crippen LogP contribution in [0.2, 0.25) is 0 Å². The Morgan fingerprint density at radius 3 is 2.37 bits per heavy atom. The molecule has 0 spiro atoms. The fraction of sp³-hybridized carbons (Fsp3) is 0.556. The van der Waals surface area contributed by atoms with E-state index < -0.39 is 16.0 Å². The molecule has 1 aliphatic carbocycles. The first-order chi connectivity index (χ1) is 12.8. The second-order valence-electron chi connectivity index (χ2n) is 6.89. The van der Waals surface area contributed by atoms with Crippen molar-refractivity contribution >= 4 is 21.9 Å². The molecule has 1 unspecified atom stereocenters. The molecule has 1 amide bonds. The Morgan fingerprint density at radius 1 is 1.15 bits per heavy atom. The smallest absolute Gasteiger partial charge is 0.339 e. The zero-order valence-electron chi connectivity index (χ0n) is 15.6. The summed E-state index contributed by atoms with van der Waals surface area (Å²) in [4.78, 5) is 26.1. The Kier molecular flexibility index (Phi) is 5.83. The van der Waals surface area contributed by atoms with Crippen molar-refractivity contribution in [1.82, 2.24) is 14.5 Å². The summed E-state index contributed by atoms with van der Waals surface area (Å²) >= 11 is 0. The maximum atomic E-state index is 13.0. The molecule has 27 heavy (non-hydrogen) atoms. The van der Waals surface area contributed by atoms with Gasteiger partial charge in [0.15, 0.2) is 0 Å². The summed E-state index contributed by atoms with van der Waals surface area (Å²) in [7, 11) is -2.60. The molecule has 1 N–H and O–H groups in total. The van der Waals surface area contributed by atoms with Crippen LogP contribution < -0.4 is 5.32 Å². The molecule has 0 aromatic heterocycles. The van der Waals surface area contributed by atoms with Gasteiger partial charge in [0.05, 0.1) is 23.6 Å². The molecule has 1 saturated heterocycles. The number of carbonyl (C=O) groups excluding carboxylic acids is 2. The van der Waals surface area contributed by atoms with E-state index in [4.69, 9.17) is 4.74 Å². The Hall–Kier alpha value is -1.97. The SMILES string of the molecule is COC(=O)c1ccccc1S(=O)(=O)N1CCN(C(C)C(=O)NC2CC2)CC1. The molecule has 148 valence electrons. The third kappa shape index (κ3) is 4.31. The molecular formula is C18H25N3O5S. The molecule has 2 fully saturated rings. The Labute approximate surface area is 159 Å². The minimum atomic E-state index is -3.82. The fourth-order valence-corrected chi connectivity index (χ4v) is 4.76. The number of carbonyl (C=O) groups is 2. The number of rotatable bonds is 6. The molecule has 0 radical (unpaired) electrons. The molecule has 1 aromatic rings. The van der Waals surface area contributed by atoms with Crippen LogP contribution in [0.15, 0.2) is 29.2 Å². The van der Waals surface area contributed by atoms with E-state index in [1.165, 1.54) is 23.5 Å². The first-order valence-corrected chi connectivity index (χ1v) is 10.5. The normalized spacial score (nSPS) is 20.1. The maximum absolute atomic E-state index is 13.0. The van der Waals surface area contributed by atoms with Gasteiger partial charge < -0.3 is 10.1 Å². The van der Waals surface area contributed by atoms with E-state index in [0.717, 1.165) is 12.8 Å². The van der Waals surface area contributed by atoms with Crippen LogP contribution in [-0.2, 0) is 19.6 Å². The molecule has 8 nitrogen and oxygen atoms in total. The summed E-state index contributed by atoms with van der Waals surface area (Å²) in [6, 6.07) is 6.05. The number of benzene rings is 1. The predicted molar refractivity (Wildman–Crippen MR) is 98.7 cm³/mol. The van der Waals surface area contributed by atoms with E-state index in [2.05, 4.69) is 5.32 Å². The van der Waals surface area contributed by atoms with Crippen molar-refractivity contribution < 1.29 is 22.7 Å². The van der Waals surface area contributed by atoms with Crippen LogP contribution in [-0.4, -0.2) is 74.9 Å². The van der Waals surface area contributed by atoms with Gasteiger partial charge in [-0.3, -0.25) is 9.69 Å². The Morgan fingerprint density at radius 2 is 1.78 bits per heavy atom. The van der Waals surface area contributed by atoms with Crippen LogP contribution in [0.4, 0.5) is 0 Å². The van der Waals surface area contributed by atoms with Crippen LogP contribution in [0.5, 0.6) is 0 Å². The van der Waals surface area contributed by atoms with Crippen LogP contribution in [0.1, 0.15) is 30.1 Å². The van der Waals surface area contributed by atoms with Crippen LogP contribution in [0, 0.1) is 0 Å². The topological polar surface area (TPSA) is 96.0 Å². The lowest BCUT2D eigenvalue weighted by Crippen LogP contribution is -2.55. The second kappa shape index (κ2) is 7.95. The van der Waals surface area contributed by atoms with Crippen molar-refractivity contribution in [1.29, 1.82) is 0 Å². The van der Waals surface area contributed by atoms with Gasteiger partial charge in [-0.2, -0.15) is 4.31 Å². The molecule has 3 rings (SSSR count). The molecule has 1 heterocycles. The highest BCUT2D eigenvalue weighted by atomic mass is 32.2. The molecule has 9 heteroatoms. The van der Waals surface area contributed by atoms with E-state index in [1.54, 1.807) is 12.1 Å². The highest BCUT2D eigenvalue weighted by Gasteiger charge is 2.35. The number of sulfonamides is 1. The minimum Gasteiger partial charge on any atom is -0.465 e. The lowest BCUT2D eigenvalue weighted by atomic mass is 10.2. The van der Waals surface area contributed by atoms with Gasteiger partial charge in [-0.1, -0.05) is 12.1 Å². The van der Waals surface area contributed by atoms with E-state index >= 15 is 0 Å². The molecule has 1 aromatic carbocycles. The van der Waals surface area contributed by atoms with Crippen LogP contribution >= 0.6 is 0 Å². The van der Waals surface area contributed by atoms with Gasteiger partial charge in [-0.05, 0) is 31.9 Å². The lowest BCUT2D eigenvalue weighted by molar-refractivity contribution is -0.126. The standard InChI is InChI=1S/C18H25N3O5S/c1-13(17(22)19-14-7-8-14)20-9-11-21(12-10-20)27(24,25)16-6-4-3-5-15(16)18(23)26-2/h3-6,13-14H,7-12H2,1-2H3,(H,19,22). The fourth-order valence-electron chi connectivity index (χ4n) is 3.16. The zero-order valence-corrected chi connectivity index (χ0v) is 16.4. The van der Waals surface area contributed by atoms with E-state index in [-0.39, 0.29) is 35.5 Å². The van der Waals surface area contributed by atoms with E-state index in [9.17, 15) is 18.0 Å². The summed E-state index contributed by atoms with van der Waals surface area (Å²) in [6.45, 7) is 3.28. The Bertz CT molecular complexity index is 814. The number of nitrogens with one attached hydrogen (secondary N) is 1. The van der Waals surface area contributed by atoms with Crippen molar-refractivity contribution in [3.05, 3.63) is 29.8 Å². The van der Waals surface area contributed by atoms with Gasteiger partial charge in [-0.25, -0.2) is 13.2 Å². The van der Waals surface area contributed by atoms with Gasteiger partial charge in [0.25, 0.3) is 0 Å².